The minimum absolute atomic E-state index is 0.000481. The lowest BCUT2D eigenvalue weighted by Crippen LogP contribution is -2.02. The Morgan fingerprint density at radius 3 is 2.54 bits per heavy atom. The molecule has 4 rings (SSSR count). The third kappa shape index (κ3) is 2.62. The van der Waals surface area contributed by atoms with Crippen molar-refractivity contribution in [1.82, 2.24) is 4.98 Å². The predicted octanol–water partition coefficient (Wildman–Crippen LogP) is 3.39. The van der Waals surface area contributed by atoms with Crippen LogP contribution in [-0.2, 0) is 14.3 Å². The quantitative estimate of drug-likeness (QED) is 0.322. The molecule has 0 unspecified atom stereocenters. The van der Waals surface area contributed by atoms with Gasteiger partial charge in [0.2, 0.25) is 0 Å². The number of aryl methyl sites for hydroxylation is 1. The number of hydrogen-bond acceptors (Lipinski definition) is 6. The number of non-ortho nitro benzene ring substituents is 1. The number of carbonyl (C=O) groups is 2. The van der Waals surface area contributed by atoms with Gasteiger partial charge in [0, 0.05) is 34.3 Å². The van der Waals surface area contributed by atoms with Crippen molar-refractivity contribution in [2.75, 3.05) is 7.11 Å². The molecule has 1 aliphatic heterocycles. The van der Waals surface area contributed by atoms with E-state index in [1.807, 2.05) is 0 Å². The molecule has 2 aromatic carbocycles. The fraction of sp³-hybridized carbons (Fsp3) is 0.100. The van der Waals surface area contributed by atoms with E-state index >= 15 is 0 Å². The first kappa shape index (κ1) is 17.5. The van der Waals surface area contributed by atoms with Gasteiger partial charge in [-0.25, -0.2) is 9.59 Å². The van der Waals surface area contributed by atoms with Gasteiger partial charge in [0.25, 0.3) is 5.69 Å². The van der Waals surface area contributed by atoms with Crippen molar-refractivity contribution in [3.05, 3.63) is 69.4 Å². The first-order chi connectivity index (χ1) is 13.4. The summed E-state index contributed by atoms with van der Waals surface area (Å²) in [6.45, 7) is 1.77. The fourth-order valence-corrected chi connectivity index (χ4v) is 3.41. The molecule has 1 aliphatic rings. The molecule has 0 spiro atoms. The Bertz CT molecular complexity index is 1200. The number of rotatable bonds is 4. The Balaban J connectivity index is 2.03. The summed E-state index contributed by atoms with van der Waals surface area (Å²) in [7, 11) is 1.53. The van der Waals surface area contributed by atoms with Gasteiger partial charge in [-0.1, -0.05) is 12.1 Å². The van der Waals surface area contributed by atoms with Crippen LogP contribution < -0.4 is 4.74 Å². The van der Waals surface area contributed by atoms with Crippen LogP contribution in [-0.4, -0.2) is 29.0 Å². The summed E-state index contributed by atoms with van der Waals surface area (Å²) in [6.07, 6.45) is 0. The minimum Gasteiger partial charge on any atom is -0.497 e. The Kier molecular flexibility index (Phi) is 3.96. The van der Waals surface area contributed by atoms with E-state index in [2.05, 4.69) is 4.98 Å². The molecule has 0 atom stereocenters. The van der Waals surface area contributed by atoms with Gasteiger partial charge in [0.1, 0.15) is 5.75 Å². The molecular formula is C20H14N2O6. The molecule has 0 saturated carbocycles. The van der Waals surface area contributed by atoms with Gasteiger partial charge in [-0.3, -0.25) is 10.1 Å². The van der Waals surface area contributed by atoms with Gasteiger partial charge in [0.15, 0.2) is 0 Å². The van der Waals surface area contributed by atoms with Crippen LogP contribution in [0, 0.1) is 17.0 Å². The van der Waals surface area contributed by atoms with Gasteiger partial charge in [-0.2, -0.15) is 0 Å². The monoisotopic (exact) mass is 378 g/mol. The van der Waals surface area contributed by atoms with Crippen LogP contribution in [0.25, 0.3) is 22.0 Å². The number of aromatic nitrogens is 1. The van der Waals surface area contributed by atoms with Gasteiger partial charge in [-0.05, 0) is 30.7 Å². The smallest absolute Gasteiger partial charge is 0.347 e. The molecule has 3 aromatic rings. The minimum atomic E-state index is -0.836. The van der Waals surface area contributed by atoms with Crippen LogP contribution in [0.5, 0.6) is 5.75 Å². The number of nitrogens with one attached hydrogen (secondary N) is 1. The van der Waals surface area contributed by atoms with Crippen LogP contribution in [0.2, 0.25) is 0 Å². The molecule has 0 saturated heterocycles. The Morgan fingerprint density at radius 1 is 1.07 bits per heavy atom. The van der Waals surface area contributed by atoms with E-state index in [9.17, 15) is 19.7 Å². The van der Waals surface area contributed by atoms with E-state index in [1.54, 1.807) is 25.1 Å². The van der Waals surface area contributed by atoms with Crippen LogP contribution in [0.3, 0.4) is 0 Å². The second kappa shape index (κ2) is 6.34. The van der Waals surface area contributed by atoms with Gasteiger partial charge >= 0.3 is 11.9 Å². The van der Waals surface area contributed by atoms with Crippen molar-refractivity contribution < 1.29 is 24.0 Å². The number of benzene rings is 2. The van der Waals surface area contributed by atoms with Crippen LogP contribution in [0.15, 0.2) is 42.5 Å². The molecule has 1 N–H and O–H groups in total. The zero-order valence-electron chi connectivity index (χ0n) is 14.9. The predicted molar refractivity (Wildman–Crippen MR) is 101 cm³/mol. The van der Waals surface area contributed by atoms with Crippen molar-refractivity contribution >= 4 is 39.7 Å². The highest BCUT2D eigenvalue weighted by molar-refractivity contribution is 6.46. The van der Waals surface area contributed by atoms with Crippen molar-refractivity contribution in [2.45, 2.75) is 6.92 Å². The zero-order valence-corrected chi connectivity index (χ0v) is 14.9. The molecule has 0 radical (unpaired) electrons. The maximum Gasteiger partial charge on any atom is 0.347 e. The number of methoxy groups -OCH3 is 1. The molecule has 2 heterocycles. The SMILES string of the molecule is COc1ccc2[nH]c(C)c(C3=C(c4cccc([N+](=O)[O-])c4)C(=O)OC3=O)c2c1. The first-order valence-corrected chi connectivity index (χ1v) is 8.33. The summed E-state index contributed by atoms with van der Waals surface area (Å²) >= 11 is 0. The first-order valence-electron chi connectivity index (χ1n) is 8.33. The lowest BCUT2D eigenvalue weighted by atomic mass is 9.94. The third-order valence-electron chi connectivity index (χ3n) is 4.63. The van der Waals surface area contributed by atoms with Crippen molar-refractivity contribution in [3.63, 3.8) is 0 Å². The summed E-state index contributed by atoms with van der Waals surface area (Å²) in [5.74, 6) is -1.04. The summed E-state index contributed by atoms with van der Waals surface area (Å²) in [5.41, 5.74) is 2.05. The molecule has 0 fully saturated rings. The third-order valence-corrected chi connectivity index (χ3v) is 4.63. The molecule has 28 heavy (non-hydrogen) atoms. The largest absolute Gasteiger partial charge is 0.497 e. The number of nitrogens with zero attached hydrogens (tertiary/aromatic N) is 1. The lowest BCUT2D eigenvalue weighted by Gasteiger charge is -2.05. The Hall–Kier alpha value is -3.94. The number of ether oxygens (including phenoxy) is 2. The number of hydrogen-bond donors (Lipinski definition) is 1. The molecule has 8 nitrogen and oxygen atoms in total. The van der Waals surface area contributed by atoms with Gasteiger partial charge < -0.3 is 14.5 Å². The van der Waals surface area contributed by atoms with E-state index in [0.717, 1.165) is 5.52 Å². The molecule has 0 aliphatic carbocycles. The van der Waals surface area contributed by atoms with Crippen LogP contribution >= 0.6 is 0 Å². The second-order valence-electron chi connectivity index (χ2n) is 6.27. The molecule has 8 heteroatoms. The topological polar surface area (TPSA) is 112 Å². The Labute approximate surface area is 158 Å². The lowest BCUT2D eigenvalue weighted by molar-refractivity contribution is -0.384. The summed E-state index contributed by atoms with van der Waals surface area (Å²) < 4.78 is 10.1. The summed E-state index contributed by atoms with van der Waals surface area (Å²) in [6, 6.07) is 10.9. The van der Waals surface area contributed by atoms with E-state index in [-0.39, 0.29) is 22.4 Å². The van der Waals surface area contributed by atoms with E-state index in [4.69, 9.17) is 9.47 Å². The summed E-state index contributed by atoms with van der Waals surface area (Å²) in [5, 5.41) is 11.8. The van der Waals surface area contributed by atoms with Gasteiger partial charge in [0.05, 0.1) is 23.2 Å². The van der Waals surface area contributed by atoms with Crippen LogP contribution in [0.4, 0.5) is 5.69 Å². The molecule has 1 aromatic heterocycles. The molecule has 140 valence electrons. The number of esters is 2. The van der Waals surface area contributed by atoms with Gasteiger partial charge in [-0.15, -0.1) is 0 Å². The normalized spacial score (nSPS) is 13.9. The Morgan fingerprint density at radius 2 is 1.82 bits per heavy atom. The number of fused-ring (bicyclic) bond motifs is 1. The number of H-pyrrole nitrogens is 1. The van der Waals surface area contributed by atoms with E-state index < -0.39 is 16.9 Å². The maximum atomic E-state index is 12.6. The van der Waals surface area contributed by atoms with E-state index in [1.165, 1.54) is 31.4 Å². The molecule has 0 bridgehead atoms. The number of cyclic esters (lactones) is 2. The van der Waals surface area contributed by atoms with Crippen molar-refractivity contribution in [2.24, 2.45) is 0 Å². The van der Waals surface area contributed by atoms with E-state index in [0.29, 0.717) is 22.4 Å². The van der Waals surface area contributed by atoms with Crippen molar-refractivity contribution in [1.29, 1.82) is 0 Å². The molecular weight excluding hydrogens is 364 g/mol. The highest BCUT2D eigenvalue weighted by Gasteiger charge is 2.37. The highest BCUT2D eigenvalue weighted by atomic mass is 16.6. The fourth-order valence-electron chi connectivity index (χ4n) is 3.41. The zero-order chi connectivity index (χ0) is 20.0. The average Bonchev–Trinajstić information content (AvgIpc) is 3.15. The number of nitro groups is 1. The second-order valence-corrected chi connectivity index (χ2v) is 6.27. The number of nitro benzene ring substituents is 1. The summed E-state index contributed by atoms with van der Waals surface area (Å²) in [4.78, 5) is 38.7. The number of aromatic amines is 1. The average molecular weight is 378 g/mol. The molecule has 0 amide bonds. The highest BCUT2D eigenvalue weighted by Crippen LogP contribution is 2.40. The standard InChI is InChI=1S/C20H14N2O6/c1-10-16(14-9-13(27-2)6-7-15(14)21-10)18-17(19(23)28-20(18)24)11-4-3-5-12(8-11)22(25)26/h3-9,21H,1-2H3. The van der Waals surface area contributed by atoms with Crippen LogP contribution in [0.1, 0.15) is 16.8 Å². The van der Waals surface area contributed by atoms with Crippen molar-refractivity contribution in [3.8, 4) is 5.75 Å². The number of carbonyl (C=O) groups excluding carboxylic acids is 2. The maximum absolute atomic E-state index is 12.6.